The van der Waals surface area contributed by atoms with E-state index in [1.807, 2.05) is 0 Å². The summed E-state index contributed by atoms with van der Waals surface area (Å²) in [5.41, 5.74) is 0. The van der Waals surface area contributed by atoms with Gasteiger partial charge in [-0.05, 0) is 51.4 Å². The third kappa shape index (κ3) is 65.7. The average molecular weight is 1130 g/mol. The molecule has 1 amide bonds. The number of esters is 1. The Balaban J connectivity index is 3.37. The quantitative estimate of drug-likeness (QED) is 0.0320. The molecule has 6 nitrogen and oxygen atoms in total. The molecule has 3 N–H and O–H groups in total. The first-order chi connectivity index (χ1) is 39.5. The van der Waals surface area contributed by atoms with Crippen LogP contribution in [0.25, 0.3) is 0 Å². The zero-order valence-corrected chi connectivity index (χ0v) is 54.6. The number of nitrogens with one attached hydrogen (secondary N) is 1. The van der Waals surface area contributed by atoms with Gasteiger partial charge in [0.2, 0.25) is 5.91 Å². The van der Waals surface area contributed by atoms with Crippen LogP contribution in [-0.2, 0) is 14.3 Å². The summed E-state index contributed by atoms with van der Waals surface area (Å²) in [6.45, 7) is 5.00. The van der Waals surface area contributed by atoms with Gasteiger partial charge in [-0.2, -0.15) is 0 Å². The molecule has 0 saturated carbocycles. The topological polar surface area (TPSA) is 95.9 Å². The maximum absolute atomic E-state index is 12.5. The highest BCUT2D eigenvalue weighted by atomic mass is 16.5. The lowest BCUT2D eigenvalue weighted by molar-refractivity contribution is -0.143. The number of ether oxygens (including phenoxy) is 1. The highest BCUT2D eigenvalue weighted by molar-refractivity contribution is 5.76. The number of hydrogen-bond acceptors (Lipinski definition) is 5. The van der Waals surface area contributed by atoms with Gasteiger partial charge in [0.1, 0.15) is 0 Å². The second-order valence-electron chi connectivity index (χ2n) is 25.6. The predicted molar refractivity (Wildman–Crippen MR) is 352 cm³/mol. The van der Waals surface area contributed by atoms with Crippen LogP contribution in [0.5, 0.6) is 0 Å². The number of unbranched alkanes of at least 4 members (excludes halogenated alkanes) is 57. The van der Waals surface area contributed by atoms with Crippen LogP contribution in [0.2, 0.25) is 0 Å². The van der Waals surface area contributed by atoms with Gasteiger partial charge in [-0.15, -0.1) is 0 Å². The number of hydrogen-bond donors (Lipinski definition) is 3. The van der Waals surface area contributed by atoms with Crippen LogP contribution in [0.4, 0.5) is 0 Å². The number of aliphatic hydroxyl groups excluding tert-OH is 2. The Labute approximate surface area is 501 Å². The van der Waals surface area contributed by atoms with E-state index in [1.165, 1.54) is 353 Å². The minimum absolute atomic E-state index is 0.0187. The molecule has 0 aliphatic heterocycles. The first-order valence-electron chi connectivity index (χ1n) is 36.9. The van der Waals surface area contributed by atoms with E-state index in [-0.39, 0.29) is 18.5 Å². The van der Waals surface area contributed by atoms with E-state index in [4.69, 9.17) is 4.74 Å². The summed E-state index contributed by atoms with van der Waals surface area (Å²) in [4.78, 5) is 24.7. The molecule has 0 saturated heterocycles. The van der Waals surface area contributed by atoms with Crippen molar-refractivity contribution in [1.29, 1.82) is 0 Å². The third-order valence-corrected chi connectivity index (χ3v) is 17.6. The molecular weight excluding hydrogens is 983 g/mol. The van der Waals surface area contributed by atoms with Gasteiger partial charge >= 0.3 is 5.97 Å². The van der Waals surface area contributed by atoms with Crippen molar-refractivity contribution in [3.05, 3.63) is 12.2 Å². The molecule has 0 aromatic carbocycles. The summed E-state index contributed by atoms with van der Waals surface area (Å²) in [5, 5.41) is 23.4. The van der Waals surface area contributed by atoms with E-state index in [2.05, 4.69) is 31.3 Å². The summed E-state index contributed by atoms with van der Waals surface area (Å²) < 4.78 is 5.51. The molecule has 0 bridgehead atoms. The fraction of sp³-hybridized carbons (Fsp3) is 0.946. The van der Waals surface area contributed by atoms with Gasteiger partial charge in [0.05, 0.1) is 25.4 Å². The summed E-state index contributed by atoms with van der Waals surface area (Å²) in [6, 6.07) is -0.545. The monoisotopic (exact) mass is 1130 g/mol. The molecule has 2 unspecified atom stereocenters. The molecule has 0 radical (unpaired) electrons. The van der Waals surface area contributed by atoms with Crippen molar-refractivity contribution >= 4 is 11.9 Å². The van der Waals surface area contributed by atoms with Crippen LogP contribution >= 0.6 is 0 Å². The van der Waals surface area contributed by atoms with Crippen LogP contribution in [0.1, 0.15) is 425 Å². The van der Waals surface area contributed by atoms with Gasteiger partial charge in [-0.1, -0.05) is 373 Å². The number of carbonyl (C=O) groups excluding carboxylic acids is 2. The van der Waals surface area contributed by atoms with E-state index in [0.29, 0.717) is 25.9 Å². The summed E-state index contributed by atoms with van der Waals surface area (Å²) in [6.07, 6.45) is 87.0. The highest BCUT2D eigenvalue weighted by Crippen LogP contribution is 2.19. The van der Waals surface area contributed by atoms with Crippen LogP contribution in [-0.4, -0.2) is 47.4 Å². The Morgan fingerprint density at radius 2 is 0.588 bits per heavy atom. The summed E-state index contributed by atoms with van der Waals surface area (Å²) in [7, 11) is 0. The molecular formula is C74H145NO5. The number of carbonyl (C=O) groups is 2. The van der Waals surface area contributed by atoms with Crippen LogP contribution < -0.4 is 5.32 Å². The van der Waals surface area contributed by atoms with Gasteiger partial charge in [-0.3, -0.25) is 9.59 Å². The summed E-state index contributed by atoms with van der Waals surface area (Å²) in [5.74, 6) is -0.0160. The molecule has 0 spiro atoms. The van der Waals surface area contributed by atoms with Crippen LogP contribution in [0.3, 0.4) is 0 Å². The minimum Gasteiger partial charge on any atom is -0.466 e. The van der Waals surface area contributed by atoms with Crippen molar-refractivity contribution in [2.45, 2.75) is 437 Å². The lowest BCUT2D eigenvalue weighted by Crippen LogP contribution is -2.45. The van der Waals surface area contributed by atoms with Crippen molar-refractivity contribution in [2.24, 2.45) is 0 Å². The van der Waals surface area contributed by atoms with E-state index < -0.39 is 12.1 Å². The van der Waals surface area contributed by atoms with E-state index in [9.17, 15) is 19.8 Å². The molecule has 0 aromatic rings. The van der Waals surface area contributed by atoms with Crippen molar-refractivity contribution in [3.63, 3.8) is 0 Å². The van der Waals surface area contributed by atoms with Gasteiger partial charge in [0.15, 0.2) is 0 Å². The standard InChI is InChI=1S/C74H145NO5/c1-3-5-7-9-11-13-15-17-19-21-23-31-34-38-42-46-50-54-58-62-66-72(77)71(70-76)75-73(78)67-63-59-55-51-47-43-39-35-32-28-26-24-25-27-29-33-37-41-45-49-53-57-61-65-69-80-74(79)68-64-60-56-52-48-44-40-36-30-22-20-18-16-14-12-10-8-6-4-2/h26,28,71-72,76-77H,3-25,27,29-70H2,1-2H3,(H,75,78)/b28-26-. The minimum atomic E-state index is -0.668. The molecule has 0 aliphatic rings. The van der Waals surface area contributed by atoms with Gasteiger partial charge in [-0.25, -0.2) is 0 Å². The maximum atomic E-state index is 12.5. The first-order valence-corrected chi connectivity index (χ1v) is 36.9. The molecule has 80 heavy (non-hydrogen) atoms. The van der Waals surface area contributed by atoms with Crippen molar-refractivity contribution in [1.82, 2.24) is 5.32 Å². The molecule has 0 fully saturated rings. The Morgan fingerprint density at radius 3 is 0.887 bits per heavy atom. The van der Waals surface area contributed by atoms with Crippen molar-refractivity contribution in [2.75, 3.05) is 13.2 Å². The first kappa shape index (κ1) is 78.6. The molecule has 0 aromatic heterocycles. The zero-order chi connectivity index (χ0) is 57.8. The molecule has 6 heteroatoms. The fourth-order valence-corrected chi connectivity index (χ4v) is 11.9. The second kappa shape index (κ2) is 70.1. The normalized spacial score (nSPS) is 12.5. The molecule has 0 rings (SSSR count). The Bertz CT molecular complexity index is 1210. The average Bonchev–Trinajstić information content (AvgIpc) is 3.46. The van der Waals surface area contributed by atoms with Crippen molar-refractivity contribution in [3.8, 4) is 0 Å². The molecule has 0 heterocycles. The highest BCUT2D eigenvalue weighted by Gasteiger charge is 2.20. The van der Waals surface area contributed by atoms with E-state index in [0.717, 1.165) is 38.5 Å². The van der Waals surface area contributed by atoms with E-state index >= 15 is 0 Å². The molecule has 476 valence electrons. The SMILES string of the molecule is CCCCCCCCCCCCCCCCCCCCCCC(O)C(CO)NC(=O)CCCCCCCCCC/C=C\CCCCCCCCCCCCCCOC(=O)CCCCCCCCCCCCCCCCCCCCC. The number of rotatable bonds is 70. The maximum Gasteiger partial charge on any atom is 0.305 e. The number of amides is 1. The Kier molecular flexibility index (Phi) is 68.9. The smallest absolute Gasteiger partial charge is 0.305 e. The van der Waals surface area contributed by atoms with Crippen LogP contribution in [0.15, 0.2) is 12.2 Å². The molecule has 2 atom stereocenters. The summed E-state index contributed by atoms with van der Waals surface area (Å²) >= 11 is 0. The van der Waals surface area contributed by atoms with Gasteiger partial charge in [0.25, 0.3) is 0 Å². The second-order valence-corrected chi connectivity index (χ2v) is 25.6. The van der Waals surface area contributed by atoms with Gasteiger partial charge < -0.3 is 20.3 Å². The number of aliphatic hydroxyl groups is 2. The van der Waals surface area contributed by atoms with Gasteiger partial charge in [0, 0.05) is 12.8 Å². The number of allylic oxidation sites excluding steroid dienone is 2. The van der Waals surface area contributed by atoms with Crippen LogP contribution in [0, 0.1) is 0 Å². The Hall–Kier alpha value is -1.40. The van der Waals surface area contributed by atoms with Crippen molar-refractivity contribution < 1.29 is 24.5 Å². The Morgan fingerprint density at radius 1 is 0.338 bits per heavy atom. The lowest BCUT2D eigenvalue weighted by atomic mass is 10.0. The largest absolute Gasteiger partial charge is 0.466 e. The molecule has 0 aliphatic carbocycles. The lowest BCUT2D eigenvalue weighted by Gasteiger charge is -2.22. The van der Waals surface area contributed by atoms with E-state index in [1.54, 1.807) is 0 Å². The fourth-order valence-electron chi connectivity index (χ4n) is 11.9. The predicted octanol–water partition coefficient (Wildman–Crippen LogP) is 23.9. The third-order valence-electron chi connectivity index (χ3n) is 17.6. The zero-order valence-electron chi connectivity index (χ0n) is 54.6.